The quantitative estimate of drug-likeness (QED) is 0.895. The van der Waals surface area contributed by atoms with Gasteiger partial charge in [-0.3, -0.25) is 4.99 Å². The molecule has 2 rings (SSSR count). The smallest absolute Gasteiger partial charge is 0.161 e. The SMILES string of the molecule is Cc1ccc(NC2=NCC(C)(C)CS2)cc1N(C)C. The maximum absolute atomic E-state index is 4.63. The molecule has 0 saturated heterocycles. The molecule has 0 radical (unpaired) electrons. The summed E-state index contributed by atoms with van der Waals surface area (Å²) in [5.41, 5.74) is 3.96. The molecule has 0 fully saturated rings. The van der Waals surface area contributed by atoms with Crippen LogP contribution in [0.3, 0.4) is 0 Å². The molecule has 0 aliphatic carbocycles. The van der Waals surface area contributed by atoms with Gasteiger partial charge in [0.15, 0.2) is 5.17 Å². The van der Waals surface area contributed by atoms with E-state index in [-0.39, 0.29) is 0 Å². The van der Waals surface area contributed by atoms with Crippen molar-refractivity contribution in [3.8, 4) is 0 Å². The predicted octanol–water partition coefficient (Wildman–Crippen LogP) is 3.60. The van der Waals surface area contributed by atoms with Crippen molar-refractivity contribution in [1.82, 2.24) is 0 Å². The zero-order valence-corrected chi connectivity index (χ0v) is 13.3. The number of nitrogens with one attached hydrogen (secondary N) is 1. The van der Waals surface area contributed by atoms with Gasteiger partial charge < -0.3 is 10.2 Å². The van der Waals surface area contributed by atoms with Crippen LogP contribution >= 0.6 is 11.8 Å². The molecule has 0 aromatic heterocycles. The summed E-state index contributed by atoms with van der Waals surface area (Å²) in [7, 11) is 4.14. The van der Waals surface area contributed by atoms with Gasteiger partial charge in [0.25, 0.3) is 0 Å². The molecule has 1 aliphatic heterocycles. The summed E-state index contributed by atoms with van der Waals surface area (Å²) in [4.78, 5) is 6.77. The summed E-state index contributed by atoms with van der Waals surface area (Å²) < 4.78 is 0. The van der Waals surface area contributed by atoms with Crippen molar-refractivity contribution in [3.63, 3.8) is 0 Å². The molecule has 0 atom stereocenters. The fourth-order valence-corrected chi connectivity index (χ4v) is 2.97. The summed E-state index contributed by atoms with van der Waals surface area (Å²) in [6, 6.07) is 6.44. The highest BCUT2D eigenvalue weighted by Crippen LogP contribution is 2.29. The minimum absolute atomic E-state index is 0.317. The van der Waals surface area contributed by atoms with Gasteiger partial charge in [-0.25, -0.2) is 0 Å². The fraction of sp³-hybridized carbons (Fsp3) is 0.533. The lowest BCUT2D eigenvalue weighted by atomic mass is 9.97. The van der Waals surface area contributed by atoms with Gasteiger partial charge in [0.1, 0.15) is 0 Å². The molecule has 1 N–H and O–H groups in total. The van der Waals surface area contributed by atoms with Crippen LogP contribution in [0.15, 0.2) is 23.2 Å². The molecule has 1 heterocycles. The van der Waals surface area contributed by atoms with Crippen LogP contribution in [0.1, 0.15) is 19.4 Å². The summed E-state index contributed by atoms with van der Waals surface area (Å²) in [5, 5.41) is 4.46. The number of hydrogen-bond acceptors (Lipinski definition) is 4. The van der Waals surface area contributed by atoms with Crippen LogP contribution in [0.25, 0.3) is 0 Å². The molecule has 0 saturated carbocycles. The van der Waals surface area contributed by atoms with Crippen LogP contribution in [-0.4, -0.2) is 31.6 Å². The van der Waals surface area contributed by atoms with Gasteiger partial charge in [-0.1, -0.05) is 31.7 Å². The average molecular weight is 277 g/mol. The van der Waals surface area contributed by atoms with Crippen LogP contribution < -0.4 is 10.2 Å². The molecule has 0 bridgehead atoms. The molecule has 104 valence electrons. The summed E-state index contributed by atoms with van der Waals surface area (Å²) in [6.07, 6.45) is 0. The Morgan fingerprint density at radius 2 is 2.05 bits per heavy atom. The molecule has 0 amide bonds. The van der Waals surface area contributed by atoms with Gasteiger partial charge in [-0.2, -0.15) is 0 Å². The van der Waals surface area contributed by atoms with E-state index >= 15 is 0 Å². The maximum atomic E-state index is 4.63. The first-order chi connectivity index (χ1) is 8.87. The number of anilines is 2. The van der Waals surface area contributed by atoms with E-state index in [2.05, 4.69) is 68.3 Å². The highest BCUT2D eigenvalue weighted by Gasteiger charge is 2.23. The molecule has 3 nitrogen and oxygen atoms in total. The van der Waals surface area contributed by atoms with Crippen LogP contribution in [0.2, 0.25) is 0 Å². The first-order valence-corrected chi connectivity index (χ1v) is 7.58. The Balaban J connectivity index is 2.12. The molecule has 1 aromatic carbocycles. The lowest BCUT2D eigenvalue weighted by Crippen LogP contribution is -2.27. The zero-order valence-electron chi connectivity index (χ0n) is 12.4. The monoisotopic (exact) mass is 277 g/mol. The van der Waals surface area contributed by atoms with Crippen molar-refractivity contribution >= 4 is 28.3 Å². The van der Waals surface area contributed by atoms with Gasteiger partial charge in [0.05, 0.1) is 0 Å². The van der Waals surface area contributed by atoms with Crippen LogP contribution in [0, 0.1) is 12.3 Å². The highest BCUT2D eigenvalue weighted by atomic mass is 32.2. The molecular weight excluding hydrogens is 254 g/mol. The maximum Gasteiger partial charge on any atom is 0.161 e. The Hall–Kier alpha value is -1.16. The molecule has 1 aliphatic rings. The number of amidine groups is 1. The standard InChI is InChI=1S/C15H23N3S/c1-11-6-7-12(8-13(11)18(4)5)17-14-16-9-15(2,3)10-19-14/h6-8H,9-10H2,1-5H3,(H,16,17). The number of hydrogen-bond donors (Lipinski definition) is 1. The Kier molecular flexibility index (Phi) is 4.09. The van der Waals surface area contributed by atoms with Crippen molar-refractivity contribution in [1.29, 1.82) is 0 Å². The third-order valence-corrected chi connectivity index (χ3v) is 4.62. The van der Waals surface area contributed by atoms with Crippen molar-refractivity contribution in [2.24, 2.45) is 10.4 Å². The Morgan fingerprint density at radius 1 is 1.32 bits per heavy atom. The summed E-state index contributed by atoms with van der Waals surface area (Å²) >= 11 is 1.81. The van der Waals surface area contributed by atoms with Gasteiger partial charge >= 0.3 is 0 Å². The highest BCUT2D eigenvalue weighted by molar-refractivity contribution is 8.14. The second-order valence-electron chi connectivity index (χ2n) is 6.09. The second kappa shape index (κ2) is 5.45. The number of rotatable bonds is 2. The number of thioether (sulfide) groups is 1. The Morgan fingerprint density at radius 3 is 2.63 bits per heavy atom. The molecule has 0 spiro atoms. The van der Waals surface area contributed by atoms with Crippen molar-refractivity contribution in [2.75, 3.05) is 36.6 Å². The zero-order chi connectivity index (χ0) is 14.0. The molecule has 4 heteroatoms. The summed E-state index contributed by atoms with van der Waals surface area (Å²) in [6.45, 7) is 7.55. The number of benzene rings is 1. The average Bonchev–Trinajstić information content (AvgIpc) is 2.34. The van der Waals surface area contributed by atoms with E-state index in [0.29, 0.717) is 5.41 Å². The van der Waals surface area contributed by atoms with Gasteiger partial charge in [-0.05, 0) is 30.0 Å². The third kappa shape index (κ3) is 3.66. The molecule has 0 unspecified atom stereocenters. The number of aryl methyl sites for hydroxylation is 1. The van der Waals surface area contributed by atoms with E-state index in [1.165, 1.54) is 11.3 Å². The molecule has 19 heavy (non-hydrogen) atoms. The Labute approximate surface area is 120 Å². The van der Waals surface area contributed by atoms with Crippen molar-refractivity contribution in [3.05, 3.63) is 23.8 Å². The van der Waals surface area contributed by atoms with E-state index in [1.54, 1.807) is 0 Å². The lowest BCUT2D eigenvalue weighted by Gasteiger charge is -2.27. The summed E-state index contributed by atoms with van der Waals surface area (Å²) in [5.74, 6) is 1.12. The largest absolute Gasteiger partial charge is 0.377 e. The lowest BCUT2D eigenvalue weighted by molar-refractivity contribution is 0.438. The van der Waals surface area contributed by atoms with Gasteiger partial charge in [-0.15, -0.1) is 0 Å². The van der Waals surface area contributed by atoms with Crippen LogP contribution in [0.5, 0.6) is 0 Å². The topological polar surface area (TPSA) is 27.6 Å². The van der Waals surface area contributed by atoms with Crippen LogP contribution in [-0.2, 0) is 0 Å². The Bertz CT molecular complexity index is 492. The van der Waals surface area contributed by atoms with E-state index in [0.717, 1.165) is 23.2 Å². The van der Waals surface area contributed by atoms with Crippen molar-refractivity contribution < 1.29 is 0 Å². The van der Waals surface area contributed by atoms with E-state index < -0.39 is 0 Å². The van der Waals surface area contributed by atoms with E-state index in [1.807, 2.05) is 11.8 Å². The van der Waals surface area contributed by atoms with E-state index in [4.69, 9.17) is 0 Å². The van der Waals surface area contributed by atoms with Crippen LogP contribution in [0.4, 0.5) is 11.4 Å². The third-order valence-electron chi connectivity index (χ3n) is 3.19. The molecule has 1 aromatic rings. The second-order valence-corrected chi connectivity index (χ2v) is 7.06. The normalized spacial score (nSPS) is 17.8. The van der Waals surface area contributed by atoms with E-state index in [9.17, 15) is 0 Å². The molecular formula is C15H23N3S. The number of aliphatic imine (C=N–C) groups is 1. The van der Waals surface area contributed by atoms with Gasteiger partial charge in [0, 0.05) is 37.8 Å². The first-order valence-electron chi connectivity index (χ1n) is 6.60. The number of nitrogens with zero attached hydrogens (tertiary/aromatic N) is 2. The fourth-order valence-electron chi connectivity index (χ4n) is 2.01. The minimum atomic E-state index is 0.317. The first kappa shape index (κ1) is 14.3. The van der Waals surface area contributed by atoms with Crippen molar-refractivity contribution in [2.45, 2.75) is 20.8 Å². The van der Waals surface area contributed by atoms with Gasteiger partial charge in [0.2, 0.25) is 0 Å². The predicted molar refractivity (Wildman–Crippen MR) is 87.7 cm³/mol. The minimum Gasteiger partial charge on any atom is -0.377 e.